The Morgan fingerprint density at radius 2 is 1.87 bits per heavy atom. The number of hydrogen-bond acceptors (Lipinski definition) is 5. The fraction of sp³-hybridized carbons (Fsp3) is 0.208. The second-order valence-electron chi connectivity index (χ2n) is 7.88. The average Bonchev–Trinajstić information content (AvgIpc) is 3.45. The van der Waals surface area contributed by atoms with Crippen LogP contribution in [0.25, 0.3) is 11.1 Å². The number of benzene rings is 2. The van der Waals surface area contributed by atoms with Gasteiger partial charge in [-0.2, -0.15) is 0 Å². The molecule has 5 rings (SSSR count). The summed E-state index contributed by atoms with van der Waals surface area (Å²) in [5.41, 5.74) is 8.64. The first-order valence-corrected chi connectivity index (χ1v) is 10.1. The number of nitrogens with one attached hydrogen (secondary N) is 1. The summed E-state index contributed by atoms with van der Waals surface area (Å²) >= 11 is 0. The summed E-state index contributed by atoms with van der Waals surface area (Å²) in [6.45, 7) is 2.07. The Balaban J connectivity index is 0.00000153. The molecule has 2 heterocycles. The Bertz CT molecular complexity index is 1230. The van der Waals surface area contributed by atoms with Crippen molar-refractivity contribution < 1.29 is 21.9 Å². The smallest absolute Gasteiger partial charge is 0.248 e. The van der Waals surface area contributed by atoms with Gasteiger partial charge in [0.1, 0.15) is 5.82 Å². The molecule has 3 N–H and O–H groups in total. The molecule has 1 aliphatic carbocycles. The zero-order chi connectivity index (χ0) is 21.6. The van der Waals surface area contributed by atoms with Crippen LogP contribution in [0.2, 0.25) is 0 Å². The van der Waals surface area contributed by atoms with Crippen molar-refractivity contribution in [1.82, 2.24) is 4.98 Å². The van der Waals surface area contributed by atoms with E-state index in [9.17, 15) is 9.59 Å². The Hall–Kier alpha value is -3.87. The molecule has 0 bridgehead atoms. The van der Waals surface area contributed by atoms with Gasteiger partial charge in [0.25, 0.3) is 0 Å². The summed E-state index contributed by atoms with van der Waals surface area (Å²) in [7, 11) is 0. The number of aryl methyl sites for hydroxylation is 1. The Labute approximate surface area is 182 Å². The molecule has 3 aromatic rings. The number of nitrogens with two attached hydrogens (primary N) is 1. The van der Waals surface area contributed by atoms with Gasteiger partial charge in [-0.15, -0.1) is 0 Å². The quantitative estimate of drug-likeness (QED) is 0.649. The van der Waals surface area contributed by atoms with Crippen LogP contribution in [-0.4, -0.2) is 23.6 Å². The SMILES string of the molecule is Cc1nc(NC(=O)C2(c3ccc4c(c3)OCO4)CC2)ccc1-c1cccc(C(N)=O)c1.[HH].[HH]. The zero-order valence-electron chi connectivity index (χ0n) is 17.0. The monoisotopic (exact) mass is 419 g/mol. The van der Waals surface area contributed by atoms with Crippen molar-refractivity contribution in [3.63, 3.8) is 0 Å². The summed E-state index contributed by atoms with van der Waals surface area (Å²) in [6, 6.07) is 16.4. The number of anilines is 1. The van der Waals surface area contributed by atoms with E-state index in [4.69, 9.17) is 15.2 Å². The van der Waals surface area contributed by atoms with E-state index in [2.05, 4.69) is 10.3 Å². The van der Waals surface area contributed by atoms with E-state index in [1.807, 2.05) is 37.3 Å². The summed E-state index contributed by atoms with van der Waals surface area (Å²) in [4.78, 5) is 29.1. The lowest BCUT2D eigenvalue weighted by molar-refractivity contribution is -0.118. The maximum Gasteiger partial charge on any atom is 0.248 e. The summed E-state index contributed by atoms with van der Waals surface area (Å²) in [6.07, 6.45) is 1.55. The molecule has 0 spiro atoms. The van der Waals surface area contributed by atoms with Crippen LogP contribution in [0, 0.1) is 6.92 Å². The minimum absolute atomic E-state index is 0. The van der Waals surface area contributed by atoms with Crippen LogP contribution in [0.1, 0.15) is 37.3 Å². The third kappa shape index (κ3) is 3.38. The van der Waals surface area contributed by atoms with Crippen molar-refractivity contribution in [2.24, 2.45) is 5.73 Å². The third-order valence-corrected chi connectivity index (χ3v) is 5.90. The first kappa shape index (κ1) is 19.1. The van der Waals surface area contributed by atoms with E-state index < -0.39 is 11.3 Å². The van der Waals surface area contributed by atoms with Gasteiger partial charge in [0.2, 0.25) is 18.6 Å². The zero-order valence-corrected chi connectivity index (χ0v) is 17.0. The number of primary amides is 1. The molecule has 0 unspecified atom stereocenters. The van der Waals surface area contributed by atoms with Gasteiger partial charge >= 0.3 is 0 Å². The van der Waals surface area contributed by atoms with Crippen molar-refractivity contribution in [3.8, 4) is 22.6 Å². The average molecular weight is 419 g/mol. The Kier molecular flexibility index (Phi) is 4.39. The predicted octanol–water partition coefficient (Wildman–Crippen LogP) is 4.05. The van der Waals surface area contributed by atoms with Gasteiger partial charge in [-0.05, 0) is 67.3 Å². The van der Waals surface area contributed by atoms with Crippen molar-refractivity contribution in [3.05, 3.63) is 71.4 Å². The molecule has 2 aromatic carbocycles. The summed E-state index contributed by atoms with van der Waals surface area (Å²) in [5, 5.41) is 2.96. The highest BCUT2D eigenvalue weighted by atomic mass is 16.7. The first-order valence-electron chi connectivity index (χ1n) is 10.1. The van der Waals surface area contributed by atoms with E-state index >= 15 is 0 Å². The number of hydrogen-bond donors (Lipinski definition) is 2. The molecule has 0 saturated heterocycles. The number of fused-ring (bicyclic) bond motifs is 1. The van der Waals surface area contributed by atoms with Gasteiger partial charge < -0.3 is 20.5 Å². The molecular formula is C24H25N3O4. The number of rotatable bonds is 5. The fourth-order valence-electron chi connectivity index (χ4n) is 3.98. The van der Waals surface area contributed by atoms with E-state index in [0.717, 1.165) is 35.2 Å². The lowest BCUT2D eigenvalue weighted by atomic mass is 9.94. The molecule has 1 aliphatic heterocycles. The number of carbonyl (C=O) groups excluding carboxylic acids is 2. The van der Waals surface area contributed by atoms with Gasteiger partial charge in [0, 0.05) is 19.7 Å². The number of aromatic nitrogens is 1. The molecule has 31 heavy (non-hydrogen) atoms. The van der Waals surface area contributed by atoms with Crippen LogP contribution in [0.4, 0.5) is 5.82 Å². The van der Waals surface area contributed by atoms with E-state index in [-0.39, 0.29) is 15.6 Å². The molecule has 0 radical (unpaired) electrons. The van der Waals surface area contributed by atoms with Gasteiger partial charge in [-0.25, -0.2) is 4.98 Å². The van der Waals surface area contributed by atoms with Gasteiger partial charge in [-0.3, -0.25) is 9.59 Å². The van der Waals surface area contributed by atoms with E-state index in [1.54, 1.807) is 24.3 Å². The van der Waals surface area contributed by atoms with Crippen molar-refractivity contribution in [1.29, 1.82) is 0 Å². The van der Waals surface area contributed by atoms with Gasteiger partial charge in [-0.1, -0.05) is 18.2 Å². The Morgan fingerprint density at radius 1 is 1.06 bits per heavy atom. The fourth-order valence-corrected chi connectivity index (χ4v) is 3.98. The highest BCUT2D eigenvalue weighted by Crippen LogP contribution is 2.51. The molecule has 0 atom stereocenters. The number of ether oxygens (including phenoxy) is 2. The van der Waals surface area contributed by atoms with E-state index in [1.165, 1.54) is 0 Å². The minimum atomic E-state index is -0.564. The molecule has 2 amide bonds. The summed E-state index contributed by atoms with van der Waals surface area (Å²) < 4.78 is 10.8. The standard InChI is InChI=1S/C24H21N3O4.2H2/c1-14-18(15-3-2-4-16(11-15)22(25)28)6-8-21(26-14)27-23(29)24(9-10-24)17-5-7-19-20(12-17)31-13-30-19;;/h2-8,11-12H,9-10,13H2,1H3,(H2,25,28)(H,26,27,29);2*1H. The second-order valence-corrected chi connectivity index (χ2v) is 7.88. The largest absolute Gasteiger partial charge is 0.454 e. The minimum Gasteiger partial charge on any atom is -0.454 e. The molecule has 2 aliphatic rings. The molecular weight excluding hydrogens is 394 g/mol. The molecule has 7 heteroatoms. The highest BCUT2D eigenvalue weighted by Gasteiger charge is 2.51. The van der Waals surface area contributed by atoms with Crippen LogP contribution in [0.3, 0.4) is 0 Å². The van der Waals surface area contributed by atoms with Gasteiger partial charge in [0.15, 0.2) is 11.5 Å². The molecule has 1 fully saturated rings. The van der Waals surface area contributed by atoms with Crippen LogP contribution < -0.4 is 20.5 Å². The molecule has 160 valence electrons. The lowest BCUT2D eigenvalue weighted by Crippen LogP contribution is -2.28. The number of nitrogens with zero attached hydrogens (tertiary/aromatic N) is 1. The van der Waals surface area contributed by atoms with Crippen LogP contribution in [0.5, 0.6) is 11.5 Å². The number of carbonyl (C=O) groups is 2. The number of pyridine rings is 1. The van der Waals surface area contributed by atoms with E-state index in [0.29, 0.717) is 22.9 Å². The molecule has 1 aromatic heterocycles. The lowest BCUT2D eigenvalue weighted by Gasteiger charge is -2.17. The normalized spacial score (nSPS) is 15.4. The molecule has 7 nitrogen and oxygen atoms in total. The van der Waals surface area contributed by atoms with Crippen LogP contribution in [-0.2, 0) is 10.2 Å². The van der Waals surface area contributed by atoms with Crippen molar-refractivity contribution >= 4 is 17.6 Å². The van der Waals surface area contributed by atoms with Gasteiger partial charge in [0.05, 0.1) is 5.41 Å². The summed E-state index contributed by atoms with van der Waals surface area (Å²) in [5.74, 6) is 1.31. The van der Waals surface area contributed by atoms with Crippen molar-refractivity contribution in [2.75, 3.05) is 12.1 Å². The van der Waals surface area contributed by atoms with Crippen LogP contribution >= 0.6 is 0 Å². The molecule has 1 saturated carbocycles. The maximum atomic E-state index is 13.1. The topological polar surface area (TPSA) is 104 Å². The predicted molar refractivity (Wildman–Crippen MR) is 119 cm³/mol. The van der Waals surface area contributed by atoms with Crippen molar-refractivity contribution in [2.45, 2.75) is 25.2 Å². The second kappa shape index (κ2) is 7.12. The first-order chi connectivity index (χ1) is 15.0. The third-order valence-electron chi connectivity index (χ3n) is 5.90. The maximum absolute atomic E-state index is 13.1. The Morgan fingerprint density at radius 3 is 2.61 bits per heavy atom. The van der Waals surface area contributed by atoms with Crippen LogP contribution in [0.15, 0.2) is 54.6 Å². The highest BCUT2D eigenvalue weighted by molar-refractivity contribution is 6.01. The number of amides is 2.